The van der Waals surface area contributed by atoms with Gasteiger partial charge in [0.1, 0.15) is 6.07 Å². The molecule has 0 radical (unpaired) electrons. The van der Waals surface area contributed by atoms with Crippen LogP contribution in [-0.4, -0.2) is 12.6 Å². The molecule has 0 bridgehead atoms. The van der Waals surface area contributed by atoms with E-state index in [2.05, 4.69) is 13.0 Å². The van der Waals surface area contributed by atoms with Crippen LogP contribution < -0.4 is 0 Å². The molecule has 0 saturated heterocycles. The summed E-state index contributed by atoms with van der Waals surface area (Å²) in [5, 5.41) is 9.59. The predicted molar refractivity (Wildman–Crippen MR) is 110 cm³/mol. The van der Waals surface area contributed by atoms with Crippen LogP contribution in [0.25, 0.3) is 17.2 Å². The molecule has 0 aliphatic rings. The Morgan fingerprint density at radius 1 is 1.00 bits per heavy atom. The summed E-state index contributed by atoms with van der Waals surface area (Å²) >= 11 is 0. The number of unbranched alkanes of at least 4 members (excludes halogenated alkanes) is 5. The summed E-state index contributed by atoms with van der Waals surface area (Å²) in [5.74, 6) is -0.363. The van der Waals surface area contributed by atoms with E-state index in [4.69, 9.17) is 4.74 Å². The van der Waals surface area contributed by atoms with Gasteiger partial charge in [-0.25, -0.2) is 4.79 Å². The van der Waals surface area contributed by atoms with Crippen molar-refractivity contribution in [2.75, 3.05) is 6.61 Å². The molecule has 0 N–H and O–H groups in total. The highest BCUT2D eigenvalue weighted by Crippen LogP contribution is 2.26. The molecule has 0 aliphatic heterocycles. The fourth-order valence-corrected chi connectivity index (χ4v) is 2.95. The topological polar surface area (TPSA) is 50.1 Å². The molecule has 0 spiro atoms. The van der Waals surface area contributed by atoms with Gasteiger partial charge in [-0.05, 0) is 23.6 Å². The standard InChI is InChI=1S/C24H27NO2/c1-2-3-4-5-6-10-18-27-24(26)17-16-21-14-11-15-22(23(21)19-25)20-12-8-7-9-13-20/h7-9,11-17H,2-6,10,18H2,1H3/b17-16+. The van der Waals surface area contributed by atoms with Crippen LogP contribution in [0, 0.1) is 11.3 Å². The van der Waals surface area contributed by atoms with E-state index in [0.717, 1.165) is 29.5 Å². The quantitative estimate of drug-likeness (QED) is 0.290. The van der Waals surface area contributed by atoms with Crippen molar-refractivity contribution in [2.45, 2.75) is 45.4 Å². The third-order valence-corrected chi connectivity index (χ3v) is 4.43. The first-order valence-electron chi connectivity index (χ1n) is 9.69. The summed E-state index contributed by atoms with van der Waals surface area (Å²) in [5.41, 5.74) is 3.12. The first kappa shape index (κ1) is 20.5. The Balaban J connectivity index is 1.93. The number of ether oxygens (including phenoxy) is 1. The van der Waals surface area contributed by atoms with E-state index < -0.39 is 0 Å². The Labute approximate surface area is 162 Å². The largest absolute Gasteiger partial charge is 0.463 e. The summed E-state index contributed by atoms with van der Waals surface area (Å²) in [6, 6.07) is 17.7. The molecule has 0 fully saturated rings. The van der Waals surface area contributed by atoms with Gasteiger partial charge < -0.3 is 4.74 Å². The maximum absolute atomic E-state index is 11.9. The van der Waals surface area contributed by atoms with Gasteiger partial charge >= 0.3 is 5.97 Å². The zero-order chi connectivity index (χ0) is 19.3. The number of carbonyl (C=O) groups excluding carboxylic acids is 1. The molecule has 2 rings (SSSR count). The Kier molecular flexibility index (Phi) is 8.86. The molecule has 2 aromatic rings. The number of nitriles is 1. The van der Waals surface area contributed by atoms with Crippen LogP contribution in [0.15, 0.2) is 54.6 Å². The third-order valence-electron chi connectivity index (χ3n) is 4.43. The molecule has 140 valence electrons. The summed E-state index contributed by atoms with van der Waals surface area (Å²) in [7, 11) is 0. The summed E-state index contributed by atoms with van der Waals surface area (Å²) < 4.78 is 5.25. The minimum atomic E-state index is -0.363. The summed E-state index contributed by atoms with van der Waals surface area (Å²) in [6.07, 6.45) is 10.0. The van der Waals surface area contributed by atoms with Gasteiger partial charge in [-0.2, -0.15) is 5.26 Å². The van der Waals surface area contributed by atoms with Crippen molar-refractivity contribution in [3.63, 3.8) is 0 Å². The Hall–Kier alpha value is -2.86. The van der Waals surface area contributed by atoms with E-state index >= 15 is 0 Å². The van der Waals surface area contributed by atoms with Crippen molar-refractivity contribution in [2.24, 2.45) is 0 Å². The van der Waals surface area contributed by atoms with Crippen LogP contribution in [0.4, 0.5) is 0 Å². The number of benzene rings is 2. The van der Waals surface area contributed by atoms with Crippen molar-refractivity contribution in [3.8, 4) is 17.2 Å². The molecule has 3 nitrogen and oxygen atoms in total. The molecule has 0 amide bonds. The first-order chi connectivity index (χ1) is 13.3. The molecule has 0 heterocycles. The van der Waals surface area contributed by atoms with Crippen molar-refractivity contribution < 1.29 is 9.53 Å². The van der Waals surface area contributed by atoms with Gasteiger partial charge in [0.05, 0.1) is 12.2 Å². The average molecular weight is 361 g/mol. The fraction of sp³-hybridized carbons (Fsp3) is 0.333. The van der Waals surface area contributed by atoms with Gasteiger partial charge in [-0.15, -0.1) is 0 Å². The van der Waals surface area contributed by atoms with Gasteiger partial charge in [0, 0.05) is 11.6 Å². The van der Waals surface area contributed by atoms with Gasteiger partial charge in [0.15, 0.2) is 0 Å². The second-order valence-electron chi connectivity index (χ2n) is 6.52. The zero-order valence-electron chi connectivity index (χ0n) is 16.0. The van der Waals surface area contributed by atoms with Crippen LogP contribution in [0.5, 0.6) is 0 Å². The normalized spacial score (nSPS) is 10.7. The lowest BCUT2D eigenvalue weighted by Crippen LogP contribution is -2.02. The molecular formula is C24H27NO2. The van der Waals surface area contributed by atoms with Gasteiger partial charge in [0.2, 0.25) is 0 Å². The first-order valence-corrected chi connectivity index (χ1v) is 9.69. The second kappa shape index (κ2) is 11.7. The molecule has 3 heteroatoms. The SMILES string of the molecule is CCCCCCCCOC(=O)/C=C/c1cccc(-c2ccccc2)c1C#N. The molecule has 0 aliphatic carbocycles. The van der Waals surface area contributed by atoms with E-state index in [1.54, 1.807) is 6.08 Å². The Morgan fingerprint density at radius 3 is 2.48 bits per heavy atom. The number of carbonyl (C=O) groups is 1. The van der Waals surface area contributed by atoms with Crippen molar-refractivity contribution in [1.82, 2.24) is 0 Å². The maximum atomic E-state index is 11.9. The maximum Gasteiger partial charge on any atom is 0.330 e. The molecule has 0 saturated carbocycles. The van der Waals surface area contributed by atoms with E-state index in [0.29, 0.717) is 12.2 Å². The van der Waals surface area contributed by atoms with Gasteiger partial charge in [0.25, 0.3) is 0 Å². The van der Waals surface area contributed by atoms with Crippen LogP contribution in [0.3, 0.4) is 0 Å². The van der Waals surface area contributed by atoms with Crippen LogP contribution >= 0.6 is 0 Å². The predicted octanol–water partition coefficient (Wildman–Crippen LogP) is 6.14. The van der Waals surface area contributed by atoms with Crippen LogP contribution in [0.2, 0.25) is 0 Å². The average Bonchev–Trinajstić information content (AvgIpc) is 2.71. The lowest BCUT2D eigenvalue weighted by molar-refractivity contribution is -0.137. The van der Waals surface area contributed by atoms with Crippen molar-refractivity contribution in [3.05, 3.63) is 65.7 Å². The lowest BCUT2D eigenvalue weighted by Gasteiger charge is -2.07. The van der Waals surface area contributed by atoms with E-state index in [9.17, 15) is 10.1 Å². The van der Waals surface area contributed by atoms with Crippen molar-refractivity contribution >= 4 is 12.0 Å². The number of esters is 1. The Bertz CT molecular complexity index is 788. The monoisotopic (exact) mass is 361 g/mol. The lowest BCUT2D eigenvalue weighted by atomic mass is 9.96. The number of rotatable bonds is 10. The summed E-state index contributed by atoms with van der Waals surface area (Å²) in [4.78, 5) is 11.9. The highest BCUT2D eigenvalue weighted by atomic mass is 16.5. The third kappa shape index (κ3) is 6.75. The second-order valence-corrected chi connectivity index (χ2v) is 6.52. The molecular weight excluding hydrogens is 334 g/mol. The van der Waals surface area contributed by atoms with E-state index in [1.807, 2.05) is 48.5 Å². The fourth-order valence-electron chi connectivity index (χ4n) is 2.95. The summed E-state index contributed by atoms with van der Waals surface area (Å²) in [6.45, 7) is 2.64. The minimum absolute atomic E-state index is 0.363. The number of hydrogen-bond acceptors (Lipinski definition) is 3. The molecule has 2 aromatic carbocycles. The molecule has 0 unspecified atom stereocenters. The van der Waals surface area contributed by atoms with Crippen molar-refractivity contribution in [1.29, 1.82) is 5.26 Å². The molecule has 0 atom stereocenters. The van der Waals surface area contributed by atoms with E-state index in [1.165, 1.54) is 31.8 Å². The molecule has 27 heavy (non-hydrogen) atoms. The van der Waals surface area contributed by atoms with Gasteiger partial charge in [-0.1, -0.05) is 87.6 Å². The number of nitrogens with zero attached hydrogens (tertiary/aromatic N) is 1. The highest BCUT2D eigenvalue weighted by molar-refractivity contribution is 5.88. The number of hydrogen-bond donors (Lipinski definition) is 0. The van der Waals surface area contributed by atoms with Crippen LogP contribution in [0.1, 0.15) is 56.6 Å². The zero-order valence-corrected chi connectivity index (χ0v) is 16.0. The molecule has 0 aromatic heterocycles. The Morgan fingerprint density at radius 2 is 1.74 bits per heavy atom. The van der Waals surface area contributed by atoms with Gasteiger partial charge in [-0.3, -0.25) is 0 Å². The van der Waals surface area contributed by atoms with Crippen LogP contribution in [-0.2, 0) is 9.53 Å². The van der Waals surface area contributed by atoms with E-state index in [-0.39, 0.29) is 5.97 Å². The smallest absolute Gasteiger partial charge is 0.330 e. The highest BCUT2D eigenvalue weighted by Gasteiger charge is 2.08. The minimum Gasteiger partial charge on any atom is -0.463 e.